The molecule has 4 nitrogen and oxygen atoms in total. The van der Waals surface area contributed by atoms with Gasteiger partial charge in [0.25, 0.3) is 0 Å². The third-order valence-corrected chi connectivity index (χ3v) is 3.69. The minimum Gasteiger partial charge on any atom is -0.497 e. The molecule has 0 radical (unpaired) electrons. The quantitative estimate of drug-likeness (QED) is 0.767. The average molecular weight is 387 g/mol. The molecule has 0 amide bonds. The van der Waals surface area contributed by atoms with Crippen molar-refractivity contribution in [1.29, 1.82) is 0 Å². The predicted octanol–water partition coefficient (Wildman–Crippen LogP) is 3.75. The standard InChI is InChI=1S/C15H18INO3/c1-10(17-9-12-5-7-15(16)20-12)13-8-11(18-2)4-6-14(13)19-3/h4-8,10,17H,9H2,1-3H3. The number of hydrogen-bond acceptors (Lipinski definition) is 4. The van der Waals surface area contributed by atoms with Crippen LogP contribution < -0.4 is 14.8 Å². The average Bonchev–Trinajstić information content (AvgIpc) is 2.89. The zero-order chi connectivity index (χ0) is 14.5. The summed E-state index contributed by atoms with van der Waals surface area (Å²) in [6.45, 7) is 2.76. The molecular weight excluding hydrogens is 369 g/mol. The van der Waals surface area contributed by atoms with Gasteiger partial charge in [0.2, 0.25) is 0 Å². The summed E-state index contributed by atoms with van der Waals surface area (Å²) >= 11 is 2.16. The topological polar surface area (TPSA) is 43.6 Å². The first-order chi connectivity index (χ1) is 9.63. The monoisotopic (exact) mass is 387 g/mol. The Hall–Kier alpha value is -1.21. The second kappa shape index (κ2) is 6.99. The van der Waals surface area contributed by atoms with E-state index in [-0.39, 0.29) is 6.04 Å². The van der Waals surface area contributed by atoms with Gasteiger partial charge in [0.15, 0.2) is 3.77 Å². The minimum absolute atomic E-state index is 0.128. The lowest BCUT2D eigenvalue weighted by Gasteiger charge is -2.17. The number of hydrogen-bond donors (Lipinski definition) is 1. The van der Waals surface area contributed by atoms with E-state index in [9.17, 15) is 0 Å². The summed E-state index contributed by atoms with van der Waals surface area (Å²) in [7, 11) is 3.33. The minimum atomic E-state index is 0.128. The smallest absolute Gasteiger partial charge is 0.164 e. The van der Waals surface area contributed by atoms with Gasteiger partial charge in [0.1, 0.15) is 17.3 Å². The lowest BCUT2D eigenvalue weighted by atomic mass is 10.1. The number of furan rings is 1. The molecule has 1 atom stereocenters. The predicted molar refractivity (Wildman–Crippen MR) is 86.2 cm³/mol. The summed E-state index contributed by atoms with van der Waals surface area (Å²) in [6.07, 6.45) is 0. The number of methoxy groups -OCH3 is 2. The van der Waals surface area contributed by atoms with Gasteiger partial charge in [-0.25, -0.2) is 0 Å². The fourth-order valence-electron chi connectivity index (χ4n) is 1.99. The molecule has 0 saturated carbocycles. The second-order valence-electron chi connectivity index (χ2n) is 4.42. The van der Waals surface area contributed by atoms with Gasteiger partial charge in [0.05, 0.1) is 20.8 Å². The molecular formula is C15H18INO3. The van der Waals surface area contributed by atoms with Gasteiger partial charge < -0.3 is 19.2 Å². The molecule has 0 aliphatic rings. The lowest BCUT2D eigenvalue weighted by molar-refractivity contribution is 0.388. The number of benzene rings is 1. The fourth-order valence-corrected chi connectivity index (χ4v) is 2.45. The van der Waals surface area contributed by atoms with Crippen LogP contribution in [0.5, 0.6) is 11.5 Å². The van der Waals surface area contributed by atoms with Gasteiger partial charge in [-0.05, 0) is 59.8 Å². The van der Waals surface area contributed by atoms with E-state index in [0.717, 1.165) is 26.6 Å². The highest BCUT2D eigenvalue weighted by Crippen LogP contribution is 2.29. The first-order valence-corrected chi connectivity index (χ1v) is 7.41. The molecule has 0 fully saturated rings. The van der Waals surface area contributed by atoms with Crippen molar-refractivity contribution in [2.75, 3.05) is 14.2 Å². The van der Waals surface area contributed by atoms with E-state index in [1.165, 1.54) is 0 Å². The highest BCUT2D eigenvalue weighted by Gasteiger charge is 2.13. The number of rotatable bonds is 6. The van der Waals surface area contributed by atoms with E-state index >= 15 is 0 Å². The van der Waals surface area contributed by atoms with Crippen molar-refractivity contribution >= 4 is 22.6 Å². The zero-order valence-electron chi connectivity index (χ0n) is 11.8. The van der Waals surface area contributed by atoms with Gasteiger partial charge in [-0.15, -0.1) is 0 Å². The first-order valence-electron chi connectivity index (χ1n) is 6.33. The molecule has 2 rings (SSSR count). The van der Waals surface area contributed by atoms with Crippen LogP contribution in [0.4, 0.5) is 0 Å². The Morgan fingerprint density at radius 2 is 2.00 bits per heavy atom. The molecule has 20 heavy (non-hydrogen) atoms. The summed E-state index contributed by atoms with van der Waals surface area (Å²) in [4.78, 5) is 0. The molecule has 1 heterocycles. The van der Waals surface area contributed by atoms with Crippen LogP contribution >= 0.6 is 22.6 Å². The Morgan fingerprint density at radius 3 is 2.60 bits per heavy atom. The second-order valence-corrected chi connectivity index (χ2v) is 5.48. The first kappa shape index (κ1) is 15.2. The zero-order valence-corrected chi connectivity index (χ0v) is 13.9. The van der Waals surface area contributed by atoms with E-state index in [1.807, 2.05) is 30.3 Å². The summed E-state index contributed by atoms with van der Waals surface area (Å²) in [5.74, 6) is 2.59. The van der Waals surface area contributed by atoms with Crippen molar-refractivity contribution in [2.45, 2.75) is 19.5 Å². The Labute approximate surface area is 132 Å². The van der Waals surface area contributed by atoms with Crippen molar-refractivity contribution in [2.24, 2.45) is 0 Å². The highest BCUT2D eigenvalue weighted by atomic mass is 127. The molecule has 0 aliphatic heterocycles. The summed E-state index contributed by atoms with van der Waals surface area (Å²) in [6, 6.07) is 9.86. The Balaban J connectivity index is 2.09. The van der Waals surface area contributed by atoms with Crippen LogP contribution in [-0.4, -0.2) is 14.2 Å². The van der Waals surface area contributed by atoms with Crippen LogP contribution in [0.15, 0.2) is 34.7 Å². The SMILES string of the molecule is COc1ccc(OC)c(C(C)NCc2ccc(I)o2)c1. The fraction of sp³-hybridized carbons (Fsp3) is 0.333. The molecule has 2 aromatic rings. The Morgan fingerprint density at radius 1 is 1.20 bits per heavy atom. The van der Waals surface area contributed by atoms with Gasteiger partial charge in [-0.3, -0.25) is 0 Å². The highest BCUT2D eigenvalue weighted by molar-refractivity contribution is 14.1. The molecule has 1 N–H and O–H groups in total. The van der Waals surface area contributed by atoms with Gasteiger partial charge >= 0.3 is 0 Å². The van der Waals surface area contributed by atoms with Gasteiger partial charge in [-0.2, -0.15) is 0 Å². The molecule has 0 aliphatic carbocycles. The third kappa shape index (κ3) is 3.67. The maximum Gasteiger partial charge on any atom is 0.164 e. The van der Waals surface area contributed by atoms with Gasteiger partial charge in [0, 0.05) is 11.6 Å². The normalized spacial score (nSPS) is 12.2. The van der Waals surface area contributed by atoms with Crippen LogP contribution in [0.2, 0.25) is 0 Å². The lowest BCUT2D eigenvalue weighted by Crippen LogP contribution is -2.18. The van der Waals surface area contributed by atoms with E-state index in [4.69, 9.17) is 13.9 Å². The molecule has 1 aromatic carbocycles. The van der Waals surface area contributed by atoms with Crippen molar-refractivity contribution < 1.29 is 13.9 Å². The molecule has 5 heteroatoms. The molecule has 0 saturated heterocycles. The number of ether oxygens (including phenoxy) is 2. The Kier molecular flexibility index (Phi) is 5.31. The van der Waals surface area contributed by atoms with Crippen molar-refractivity contribution in [3.8, 4) is 11.5 Å². The maximum absolute atomic E-state index is 5.54. The largest absolute Gasteiger partial charge is 0.497 e. The van der Waals surface area contributed by atoms with Crippen molar-refractivity contribution in [3.63, 3.8) is 0 Å². The summed E-state index contributed by atoms with van der Waals surface area (Å²) in [5.41, 5.74) is 1.06. The van der Waals surface area contributed by atoms with E-state index in [2.05, 4.69) is 34.8 Å². The van der Waals surface area contributed by atoms with Crippen LogP contribution in [-0.2, 0) is 6.54 Å². The number of nitrogens with one attached hydrogen (secondary N) is 1. The van der Waals surface area contributed by atoms with Crippen LogP contribution in [0.1, 0.15) is 24.3 Å². The Bertz CT molecular complexity index is 568. The molecule has 108 valence electrons. The molecule has 1 aromatic heterocycles. The molecule has 0 spiro atoms. The van der Waals surface area contributed by atoms with Gasteiger partial charge in [-0.1, -0.05) is 0 Å². The summed E-state index contributed by atoms with van der Waals surface area (Å²) in [5, 5.41) is 3.42. The number of halogens is 1. The van der Waals surface area contributed by atoms with Crippen LogP contribution in [0.3, 0.4) is 0 Å². The van der Waals surface area contributed by atoms with E-state index < -0.39 is 0 Å². The summed E-state index contributed by atoms with van der Waals surface area (Å²) < 4.78 is 17.1. The molecule has 1 unspecified atom stereocenters. The molecule has 0 bridgehead atoms. The van der Waals surface area contributed by atoms with E-state index in [0.29, 0.717) is 6.54 Å². The van der Waals surface area contributed by atoms with Crippen molar-refractivity contribution in [3.05, 3.63) is 45.4 Å². The van der Waals surface area contributed by atoms with E-state index in [1.54, 1.807) is 14.2 Å². The van der Waals surface area contributed by atoms with Crippen molar-refractivity contribution in [1.82, 2.24) is 5.32 Å². The third-order valence-electron chi connectivity index (χ3n) is 3.11. The maximum atomic E-state index is 5.54. The van der Waals surface area contributed by atoms with Crippen LogP contribution in [0.25, 0.3) is 0 Å². The van der Waals surface area contributed by atoms with Crippen LogP contribution in [0, 0.1) is 3.77 Å².